The van der Waals surface area contributed by atoms with Crippen molar-refractivity contribution in [1.29, 1.82) is 0 Å². The van der Waals surface area contributed by atoms with Crippen LogP contribution < -0.4 is 0 Å². The summed E-state index contributed by atoms with van der Waals surface area (Å²) < 4.78 is 27.6. The first-order chi connectivity index (χ1) is 8.43. The van der Waals surface area contributed by atoms with E-state index in [1.54, 1.807) is 0 Å². The van der Waals surface area contributed by atoms with Gasteiger partial charge in [0, 0.05) is 0 Å². The van der Waals surface area contributed by atoms with E-state index in [-0.39, 0.29) is 11.8 Å². The minimum absolute atomic E-state index is 0.361. The van der Waals surface area contributed by atoms with Crippen LogP contribution in [0.2, 0.25) is 0 Å². The van der Waals surface area contributed by atoms with Crippen molar-refractivity contribution in [1.82, 2.24) is 0 Å². The second-order valence-electron chi connectivity index (χ2n) is 5.47. The molecule has 1 saturated carbocycles. The van der Waals surface area contributed by atoms with Crippen molar-refractivity contribution < 1.29 is 13.9 Å². The molecule has 0 heterocycles. The highest BCUT2D eigenvalue weighted by Crippen LogP contribution is 2.55. The van der Waals surface area contributed by atoms with Crippen LogP contribution in [0.5, 0.6) is 0 Å². The van der Waals surface area contributed by atoms with Gasteiger partial charge in [0.2, 0.25) is 0 Å². The molecule has 18 heavy (non-hydrogen) atoms. The SMILES string of the molecule is OC1(C(F)(F)Br)C2CCC1Cc1ccccc1C2. The zero-order valence-corrected chi connectivity index (χ0v) is 11.5. The first kappa shape index (κ1) is 12.5. The minimum Gasteiger partial charge on any atom is -0.382 e. The molecule has 0 radical (unpaired) electrons. The standard InChI is InChI=1S/C14H15BrF2O/c15-14(16,17)13(18)11-5-6-12(13)8-10-4-2-1-3-9(10)7-11/h1-4,11-12,18H,5-8H2. The molecule has 1 aromatic rings. The maximum atomic E-state index is 13.8. The van der Waals surface area contributed by atoms with E-state index < -0.39 is 10.4 Å². The molecule has 0 aromatic heterocycles. The van der Waals surface area contributed by atoms with Crippen LogP contribution in [0.3, 0.4) is 0 Å². The van der Waals surface area contributed by atoms with Gasteiger partial charge in [-0.1, -0.05) is 24.3 Å². The average molecular weight is 317 g/mol. The molecule has 2 atom stereocenters. The first-order valence-electron chi connectivity index (χ1n) is 6.29. The number of fused-ring (bicyclic) bond motifs is 3. The molecule has 1 fully saturated rings. The van der Waals surface area contributed by atoms with Crippen molar-refractivity contribution in [2.75, 3.05) is 0 Å². The van der Waals surface area contributed by atoms with E-state index in [4.69, 9.17) is 0 Å². The van der Waals surface area contributed by atoms with Crippen molar-refractivity contribution in [3.63, 3.8) is 0 Å². The molecule has 2 aliphatic rings. The lowest BCUT2D eigenvalue weighted by molar-refractivity contribution is -0.160. The third-order valence-corrected chi connectivity index (χ3v) is 5.25. The van der Waals surface area contributed by atoms with Gasteiger partial charge in [-0.15, -0.1) is 0 Å². The van der Waals surface area contributed by atoms with Crippen molar-refractivity contribution in [3.05, 3.63) is 35.4 Å². The van der Waals surface area contributed by atoms with Gasteiger partial charge in [0.1, 0.15) is 5.60 Å². The molecule has 0 spiro atoms. The second kappa shape index (κ2) is 4.01. The Morgan fingerprint density at radius 1 is 1.11 bits per heavy atom. The van der Waals surface area contributed by atoms with E-state index >= 15 is 0 Å². The lowest BCUT2D eigenvalue weighted by Gasteiger charge is -2.37. The molecule has 2 bridgehead atoms. The van der Waals surface area contributed by atoms with Crippen LogP contribution in [-0.2, 0) is 12.8 Å². The predicted molar refractivity (Wildman–Crippen MR) is 68.9 cm³/mol. The normalized spacial score (nSPS) is 35.1. The molecule has 4 heteroatoms. The Balaban J connectivity index is 2.06. The molecule has 1 aromatic carbocycles. The van der Waals surface area contributed by atoms with Crippen LogP contribution >= 0.6 is 15.9 Å². The van der Waals surface area contributed by atoms with Gasteiger partial charge >= 0.3 is 4.83 Å². The predicted octanol–water partition coefficient (Wildman–Crippen LogP) is 3.53. The van der Waals surface area contributed by atoms with E-state index in [0.717, 1.165) is 11.1 Å². The molecule has 1 nitrogen and oxygen atoms in total. The summed E-state index contributed by atoms with van der Waals surface area (Å²) in [7, 11) is 0. The van der Waals surface area contributed by atoms with Gasteiger partial charge < -0.3 is 5.11 Å². The quantitative estimate of drug-likeness (QED) is 0.786. The third-order valence-electron chi connectivity index (χ3n) is 4.61. The monoisotopic (exact) mass is 316 g/mol. The van der Waals surface area contributed by atoms with E-state index in [2.05, 4.69) is 15.9 Å². The summed E-state index contributed by atoms with van der Waals surface area (Å²) in [6.45, 7) is 0. The molecule has 0 amide bonds. The lowest BCUT2D eigenvalue weighted by atomic mass is 9.83. The summed E-state index contributed by atoms with van der Waals surface area (Å²) in [6.07, 6.45) is 2.45. The van der Waals surface area contributed by atoms with E-state index in [0.29, 0.717) is 25.7 Å². The van der Waals surface area contributed by atoms with Crippen molar-refractivity contribution >= 4 is 15.9 Å². The van der Waals surface area contributed by atoms with Gasteiger partial charge in [0.25, 0.3) is 0 Å². The maximum Gasteiger partial charge on any atom is 0.329 e. The fourth-order valence-corrected chi connectivity index (χ4v) is 4.29. The van der Waals surface area contributed by atoms with Crippen LogP contribution in [0.25, 0.3) is 0 Å². The van der Waals surface area contributed by atoms with Gasteiger partial charge in [-0.25, -0.2) is 0 Å². The summed E-state index contributed by atoms with van der Waals surface area (Å²) >= 11 is 2.41. The second-order valence-corrected chi connectivity index (χ2v) is 6.47. The van der Waals surface area contributed by atoms with E-state index in [9.17, 15) is 13.9 Å². The van der Waals surface area contributed by atoms with Crippen LogP contribution in [0, 0.1) is 11.8 Å². The molecule has 0 saturated heterocycles. The van der Waals surface area contributed by atoms with Crippen LogP contribution in [0.4, 0.5) is 8.78 Å². The van der Waals surface area contributed by atoms with Gasteiger partial charge in [0.15, 0.2) is 0 Å². The molecule has 0 aliphatic heterocycles. The lowest BCUT2D eigenvalue weighted by Crippen LogP contribution is -2.52. The van der Waals surface area contributed by atoms with Gasteiger partial charge in [-0.3, -0.25) is 0 Å². The number of halogens is 3. The summed E-state index contributed by atoms with van der Waals surface area (Å²) in [6, 6.07) is 7.85. The van der Waals surface area contributed by atoms with E-state index in [1.165, 1.54) is 0 Å². The molecule has 2 unspecified atom stereocenters. The molecule has 1 N–H and O–H groups in total. The highest BCUT2D eigenvalue weighted by Gasteiger charge is 2.63. The summed E-state index contributed by atoms with van der Waals surface area (Å²) in [5.74, 6) is -0.721. The van der Waals surface area contributed by atoms with Crippen molar-refractivity contribution in [3.8, 4) is 0 Å². The zero-order chi connectivity index (χ0) is 13.0. The summed E-state index contributed by atoms with van der Waals surface area (Å²) in [4.78, 5) is -3.21. The third kappa shape index (κ3) is 1.65. The highest BCUT2D eigenvalue weighted by atomic mass is 79.9. The number of alkyl halides is 3. The first-order valence-corrected chi connectivity index (χ1v) is 7.08. The Bertz CT molecular complexity index is 436. The molecule has 98 valence electrons. The number of hydrogen-bond acceptors (Lipinski definition) is 1. The van der Waals surface area contributed by atoms with E-state index in [1.807, 2.05) is 24.3 Å². The Kier molecular flexibility index (Phi) is 2.79. The van der Waals surface area contributed by atoms with Gasteiger partial charge in [-0.2, -0.15) is 8.78 Å². The van der Waals surface area contributed by atoms with Gasteiger partial charge in [-0.05, 0) is 64.6 Å². The zero-order valence-electron chi connectivity index (χ0n) is 9.87. The van der Waals surface area contributed by atoms with Crippen LogP contribution in [0.15, 0.2) is 24.3 Å². The molecular formula is C14H15BrF2O. The Labute approximate surface area is 113 Å². The maximum absolute atomic E-state index is 13.8. The van der Waals surface area contributed by atoms with Crippen molar-refractivity contribution in [2.45, 2.75) is 36.1 Å². The number of benzene rings is 1. The average Bonchev–Trinajstić information content (AvgIpc) is 2.52. The van der Waals surface area contributed by atoms with Gasteiger partial charge in [0.05, 0.1) is 0 Å². The highest BCUT2D eigenvalue weighted by molar-refractivity contribution is 9.10. The number of aliphatic hydroxyl groups is 1. The summed E-state index contributed by atoms with van der Waals surface area (Å²) in [5, 5.41) is 10.6. The molecule has 3 rings (SSSR count). The number of hydrogen-bond donors (Lipinski definition) is 1. The Morgan fingerprint density at radius 3 is 1.94 bits per heavy atom. The van der Waals surface area contributed by atoms with Crippen molar-refractivity contribution in [2.24, 2.45) is 11.8 Å². The van der Waals surface area contributed by atoms with Crippen LogP contribution in [0.1, 0.15) is 24.0 Å². The Hall–Kier alpha value is -0.480. The summed E-state index contributed by atoms with van der Waals surface area (Å²) in [5.41, 5.74) is 0.311. The molecular weight excluding hydrogens is 302 g/mol. The van der Waals surface area contributed by atoms with Crippen LogP contribution in [-0.4, -0.2) is 15.5 Å². The topological polar surface area (TPSA) is 20.2 Å². The minimum atomic E-state index is -3.21. The fraction of sp³-hybridized carbons (Fsp3) is 0.571. The fourth-order valence-electron chi connectivity index (χ4n) is 3.64. The number of rotatable bonds is 1. The smallest absolute Gasteiger partial charge is 0.329 e. The molecule has 2 aliphatic carbocycles. The largest absolute Gasteiger partial charge is 0.382 e. The Morgan fingerprint density at radius 2 is 1.56 bits per heavy atom.